The van der Waals surface area contributed by atoms with Crippen molar-refractivity contribution in [3.63, 3.8) is 0 Å². The molecule has 0 amide bonds. The second-order valence-corrected chi connectivity index (χ2v) is 10.8. The molecule has 0 aliphatic rings. The van der Waals surface area contributed by atoms with Crippen LogP contribution in [0.5, 0.6) is 0 Å². The first kappa shape index (κ1) is 26.6. The normalized spacial score (nSPS) is 13.4. The van der Waals surface area contributed by atoms with Crippen molar-refractivity contribution in [1.29, 1.82) is 0 Å². The summed E-state index contributed by atoms with van der Waals surface area (Å²) in [5, 5.41) is 0. The fourth-order valence-electron chi connectivity index (χ4n) is 3.91. The molecule has 2 aromatic carbocycles. The molecule has 0 saturated carbocycles. The smallest absolute Gasteiger partial charge is 0.151 e. The molecule has 2 nitrogen and oxygen atoms in total. The Balaban J connectivity index is 2.77. The van der Waals surface area contributed by atoms with E-state index in [-0.39, 0.29) is 0 Å². The number of aliphatic imine (C=N–C) groups is 2. The standard InChI is InChI=1S/C28H38Cl2N2/c1-16(2)21-12-10-13-22(17(3)4)26(21)31-20(9)25(28(29)30)32-27-23(18(5)6)14-11-15-24(27)19(7)8/h10-19,28H,1-9H3. The molecule has 0 atom stereocenters. The van der Waals surface area contributed by atoms with Crippen molar-refractivity contribution in [3.05, 3.63) is 58.7 Å². The third-order valence-corrected chi connectivity index (χ3v) is 6.19. The van der Waals surface area contributed by atoms with Gasteiger partial charge in [0.1, 0.15) is 0 Å². The number of hydrogen-bond donors (Lipinski definition) is 0. The van der Waals surface area contributed by atoms with E-state index in [9.17, 15) is 0 Å². The highest BCUT2D eigenvalue weighted by Gasteiger charge is 2.20. The minimum absolute atomic E-state index is 0.337. The predicted molar refractivity (Wildman–Crippen MR) is 145 cm³/mol. The van der Waals surface area contributed by atoms with Crippen molar-refractivity contribution in [1.82, 2.24) is 0 Å². The van der Waals surface area contributed by atoms with Gasteiger partial charge in [0, 0.05) is 0 Å². The van der Waals surface area contributed by atoms with Gasteiger partial charge in [-0.1, -0.05) is 115 Å². The van der Waals surface area contributed by atoms with Crippen molar-refractivity contribution in [2.75, 3.05) is 0 Å². The van der Waals surface area contributed by atoms with Gasteiger partial charge in [0.25, 0.3) is 0 Å². The summed E-state index contributed by atoms with van der Waals surface area (Å²) in [7, 11) is 0. The molecule has 4 heteroatoms. The van der Waals surface area contributed by atoms with Crippen molar-refractivity contribution < 1.29 is 0 Å². The van der Waals surface area contributed by atoms with E-state index in [0.29, 0.717) is 29.4 Å². The molecule has 0 saturated heterocycles. The number of para-hydroxylation sites is 2. The van der Waals surface area contributed by atoms with E-state index in [1.54, 1.807) is 0 Å². The monoisotopic (exact) mass is 472 g/mol. The molecule has 0 unspecified atom stereocenters. The van der Waals surface area contributed by atoms with Gasteiger partial charge in [-0.25, -0.2) is 4.99 Å². The molecule has 174 valence electrons. The van der Waals surface area contributed by atoms with Crippen LogP contribution in [0.15, 0.2) is 46.4 Å². The van der Waals surface area contributed by atoms with Crippen LogP contribution in [0.25, 0.3) is 0 Å². The topological polar surface area (TPSA) is 24.7 Å². The average molecular weight is 474 g/mol. The maximum Gasteiger partial charge on any atom is 0.151 e. The van der Waals surface area contributed by atoms with E-state index < -0.39 is 4.84 Å². The first-order valence-electron chi connectivity index (χ1n) is 11.6. The Morgan fingerprint density at radius 2 is 0.906 bits per heavy atom. The summed E-state index contributed by atoms with van der Waals surface area (Å²) in [6, 6.07) is 12.8. The highest BCUT2D eigenvalue weighted by Crippen LogP contribution is 2.37. The fraction of sp³-hybridized carbons (Fsp3) is 0.500. The van der Waals surface area contributed by atoms with Gasteiger partial charge in [0.2, 0.25) is 0 Å². The number of alkyl halides is 2. The van der Waals surface area contributed by atoms with Gasteiger partial charge >= 0.3 is 0 Å². The predicted octanol–water partition coefficient (Wildman–Crippen LogP) is 9.85. The van der Waals surface area contributed by atoms with Crippen LogP contribution in [0.1, 0.15) is 108 Å². The van der Waals surface area contributed by atoms with E-state index in [1.165, 1.54) is 22.3 Å². The third kappa shape index (κ3) is 6.23. The number of halogens is 2. The van der Waals surface area contributed by atoms with Crippen LogP contribution >= 0.6 is 23.2 Å². The second-order valence-electron chi connectivity index (χ2n) is 9.68. The number of benzene rings is 2. The lowest BCUT2D eigenvalue weighted by Crippen LogP contribution is -2.18. The Bertz CT molecular complexity index is 930. The van der Waals surface area contributed by atoms with Gasteiger partial charge in [-0.05, 0) is 52.8 Å². The zero-order valence-corrected chi connectivity index (χ0v) is 22.5. The van der Waals surface area contributed by atoms with Crippen LogP contribution in [0.3, 0.4) is 0 Å². The van der Waals surface area contributed by atoms with Gasteiger partial charge in [0.15, 0.2) is 4.84 Å². The Morgan fingerprint density at radius 3 is 1.19 bits per heavy atom. The second kappa shape index (κ2) is 11.5. The van der Waals surface area contributed by atoms with Crippen LogP contribution in [0, 0.1) is 0 Å². The molecular formula is C28H38Cl2N2. The zero-order valence-electron chi connectivity index (χ0n) is 21.0. The fourth-order valence-corrected chi connectivity index (χ4v) is 4.33. The van der Waals surface area contributed by atoms with Crippen molar-refractivity contribution in [2.45, 2.75) is 90.8 Å². The Labute approximate surface area is 205 Å². The van der Waals surface area contributed by atoms with Gasteiger partial charge in [0.05, 0.1) is 22.8 Å². The molecule has 0 bridgehead atoms. The van der Waals surface area contributed by atoms with Gasteiger partial charge in [-0.3, -0.25) is 4.99 Å². The maximum atomic E-state index is 6.48. The number of nitrogens with zero attached hydrogens (tertiary/aromatic N) is 2. The van der Waals surface area contributed by atoms with Gasteiger partial charge < -0.3 is 0 Å². The van der Waals surface area contributed by atoms with Crippen LogP contribution in [-0.2, 0) is 0 Å². The molecule has 0 aliphatic heterocycles. The van der Waals surface area contributed by atoms with Gasteiger partial charge in [-0.2, -0.15) is 0 Å². The SMILES string of the molecule is CC(=Nc1c(C(C)C)cccc1C(C)C)C(=Nc1c(C(C)C)cccc1C(C)C)C(Cl)Cl. The summed E-state index contributed by atoms with van der Waals surface area (Å²) in [5.41, 5.74) is 8.18. The summed E-state index contributed by atoms with van der Waals surface area (Å²) < 4.78 is 0. The number of rotatable bonds is 8. The van der Waals surface area contributed by atoms with Crippen LogP contribution < -0.4 is 0 Å². The van der Waals surface area contributed by atoms with E-state index >= 15 is 0 Å². The summed E-state index contributed by atoms with van der Waals surface area (Å²) in [4.78, 5) is 9.38. The summed E-state index contributed by atoms with van der Waals surface area (Å²) in [6.07, 6.45) is 0. The third-order valence-electron chi connectivity index (χ3n) is 5.77. The molecular weight excluding hydrogens is 435 g/mol. The van der Waals surface area contributed by atoms with Crippen molar-refractivity contribution >= 4 is 46.0 Å². The Hall–Kier alpha value is -1.64. The molecule has 2 rings (SSSR count). The first-order chi connectivity index (χ1) is 15.0. The minimum Gasteiger partial charge on any atom is -0.251 e. The Morgan fingerprint density at radius 1 is 0.594 bits per heavy atom. The molecule has 0 heterocycles. The quantitative estimate of drug-likeness (QED) is 0.269. The van der Waals surface area contributed by atoms with Gasteiger partial charge in [-0.15, -0.1) is 0 Å². The first-order valence-corrected chi connectivity index (χ1v) is 12.5. The highest BCUT2D eigenvalue weighted by molar-refractivity contribution is 6.65. The molecule has 0 fully saturated rings. The molecule has 32 heavy (non-hydrogen) atoms. The maximum absolute atomic E-state index is 6.48. The van der Waals surface area contributed by atoms with Crippen LogP contribution in [0.4, 0.5) is 11.4 Å². The van der Waals surface area contributed by atoms with E-state index in [0.717, 1.165) is 17.1 Å². The molecule has 0 radical (unpaired) electrons. The minimum atomic E-state index is -0.771. The van der Waals surface area contributed by atoms with Crippen LogP contribution in [-0.4, -0.2) is 16.3 Å². The van der Waals surface area contributed by atoms with Crippen molar-refractivity contribution in [3.8, 4) is 0 Å². The van der Waals surface area contributed by atoms with E-state index in [2.05, 4.69) is 91.8 Å². The highest BCUT2D eigenvalue weighted by atomic mass is 35.5. The molecule has 0 aromatic heterocycles. The lowest BCUT2D eigenvalue weighted by atomic mass is 9.92. The largest absolute Gasteiger partial charge is 0.251 e. The van der Waals surface area contributed by atoms with E-state index in [4.69, 9.17) is 33.2 Å². The number of hydrogen-bond acceptors (Lipinski definition) is 2. The lowest BCUT2D eigenvalue weighted by molar-refractivity contribution is 0.834. The Kier molecular flexibility index (Phi) is 9.54. The average Bonchev–Trinajstić information content (AvgIpc) is 2.70. The lowest BCUT2D eigenvalue weighted by Gasteiger charge is -2.19. The molecule has 2 aromatic rings. The summed E-state index contributed by atoms with van der Waals surface area (Å²) >= 11 is 13.0. The molecule has 0 spiro atoms. The summed E-state index contributed by atoms with van der Waals surface area (Å²) in [5.74, 6) is 1.39. The zero-order chi connectivity index (χ0) is 24.2. The molecule has 0 aliphatic carbocycles. The summed E-state index contributed by atoms with van der Waals surface area (Å²) in [6.45, 7) is 19.5. The molecule has 0 N–H and O–H groups in total. The van der Waals surface area contributed by atoms with Crippen LogP contribution in [0.2, 0.25) is 0 Å². The van der Waals surface area contributed by atoms with E-state index in [1.807, 2.05) is 6.92 Å². The van der Waals surface area contributed by atoms with Crippen molar-refractivity contribution in [2.24, 2.45) is 9.98 Å².